The molecule has 1 atom stereocenters. The number of aliphatic imine (C=N–C) groups is 1. The van der Waals surface area contributed by atoms with E-state index in [0.29, 0.717) is 32.2 Å². The molecule has 29 heavy (non-hydrogen) atoms. The Morgan fingerprint density at radius 3 is 2.79 bits per heavy atom. The van der Waals surface area contributed by atoms with E-state index in [1.165, 1.54) is 5.56 Å². The van der Waals surface area contributed by atoms with Crippen LogP contribution in [0.25, 0.3) is 0 Å². The fourth-order valence-electron chi connectivity index (χ4n) is 3.55. The molecule has 2 aromatic carbocycles. The van der Waals surface area contributed by atoms with Crippen LogP contribution in [-0.4, -0.2) is 50.8 Å². The molecule has 0 saturated heterocycles. The highest BCUT2D eigenvalue weighted by Crippen LogP contribution is 2.30. The van der Waals surface area contributed by atoms with Crippen LogP contribution < -0.4 is 25.0 Å². The first-order valence-corrected chi connectivity index (χ1v) is 10.0. The highest BCUT2D eigenvalue weighted by Gasteiger charge is 2.24. The number of rotatable bonds is 5. The molecule has 7 heteroatoms. The molecule has 2 aliphatic heterocycles. The minimum absolute atomic E-state index is 0.00155. The van der Waals surface area contributed by atoms with Crippen LogP contribution in [0.3, 0.4) is 0 Å². The summed E-state index contributed by atoms with van der Waals surface area (Å²) >= 11 is 0. The number of guanidine groups is 1. The fraction of sp³-hybridized carbons (Fsp3) is 0.364. The number of nitrogens with zero attached hydrogens (tertiary/aromatic N) is 2. The zero-order chi connectivity index (χ0) is 20.1. The van der Waals surface area contributed by atoms with Crippen molar-refractivity contribution in [1.82, 2.24) is 10.6 Å². The molecule has 0 aliphatic carbocycles. The number of ether oxygens (including phenoxy) is 2. The molecule has 2 heterocycles. The van der Waals surface area contributed by atoms with Crippen molar-refractivity contribution < 1.29 is 14.3 Å². The van der Waals surface area contributed by atoms with Crippen molar-refractivity contribution in [2.75, 3.05) is 37.7 Å². The molecule has 0 saturated carbocycles. The lowest BCUT2D eigenvalue weighted by atomic mass is 10.2. The topological polar surface area (TPSA) is 75.2 Å². The molecule has 0 bridgehead atoms. The minimum atomic E-state index is -0.130. The third-order valence-electron chi connectivity index (χ3n) is 4.97. The molecule has 152 valence electrons. The third-order valence-corrected chi connectivity index (χ3v) is 4.97. The number of nitrogens with one attached hydrogen (secondary N) is 2. The Kier molecular flexibility index (Phi) is 5.84. The zero-order valence-corrected chi connectivity index (χ0v) is 16.6. The number of carbonyl (C=O) groups is 1. The summed E-state index contributed by atoms with van der Waals surface area (Å²) in [7, 11) is 0. The normalized spacial score (nSPS) is 17.6. The maximum absolute atomic E-state index is 12.7. The molecule has 1 amide bonds. The molecule has 0 radical (unpaired) electrons. The maximum Gasteiger partial charge on any atom is 0.248 e. The van der Waals surface area contributed by atoms with Crippen molar-refractivity contribution in [1.29, 1.82) is 0 Å². The molecule has 7 nitrogen and oxygen atoms in total. The molecule has 0 aromatic heterocycles. The van der Waals surface area contributed by atoms with E-state index in [2.05, 4.69) is 21.7 Å². The van der Waals surface area contributed by atoms with E-state index in [-0.39, 0.29) is 18.6 Å². The summed E-state index contributed by atoms with van der Waals surface area (Å²) in [5, 5.41) is 6.43. The van der Waals surface area contributed by atoms with Crippen LogP contribution in [0, 0.1) is 0 Å². The van der Waals surface area contributed by atoms with Crippen molar-refractivity contribution in [3.8, 4) is 11.5 Å². The number of fused-ring (bicyclic) bond motifs is 2. The predicted octanol–water partition coefficient (Wildman–Crippen LogP) is 1.97. The predicted molar refractivity (Wildman–Crippen MR) is 113 cm³/mol. The first kappa shape index (κ1) is 19.1. The van der Waals surface area contributed by atoms with Crippen LogP contribution in [0.4, 0.5) is 5.69 Å². The van der Waals surface area contributed by atoms with Gasteiger partial charge < -0.3 is 25.0 Å². The van der Waals surface area contributed by atoms with Gasteiger partial charge in [0, 0.05) is 18.8 Å². The van der Waals surface area contributed by atoms with Gasteiger partial charge in [0.2, 0.25) is 5.91 Å². The highest BCUT2D eigenvalue weighted by molar-refractivity contribution is 5.98. The fourth-order valence-corrected chi connectivity index (χ4v) is 3.55. The molecule has 0 fully saturated rings. The second-order valence-electron chi connectivity index (χ2n) is 7.00. The van der Waals surface area contributed by atoms with Gasteiger partial charge in [-0.1, -0.05) is 30.3 Å². The lowest BCUT2D eigenvalue weighted by molar-refractivity contribution is -0.117. The van der Waals surface area contributed by atoms with Crippen LogP contribution in [0.2, 0.25) is 0 Å². The van der Waals surface area contributed by atoms with E-state index in [0.717, 1.165) is 23.6 Å². The third kappa shape index (κ3) is 4.45. The van der Waals surface area contributed by atoms with Gasteiger partial charge >= 0.3 is 0 Å². The lowest BCUT2D eigenvalue weighted by Crippen LogP contribution is -2.45. The van der Waals surface area contributed by atoms with E-state index in [4.69, 9.17) is 9.47 Å². The van der Waals surface area contributed by atoms with E-state index < -0.39 is 0 Å². The summed E-state index contributed by atoms with van der Waals surface area (Å²) in [5.41, 5.74) is 2.21. The van der Waals surface area contributed by atoms with Gasteiger partial charge in [-0.3, -0.25) is 4.79 Å². The summed E-state index contributed by atoms with van der Waals surface area (Å²) < 4.78 is 11.7. The van der Waals surface area contributed by atoms with Crippen molar-refractivity contribution >= 4 is 17.6 Å². The Labute approximate surface area is 170 Å². The van der Waals surface area contributed by atoms with E-state index in [1.807, 2.05) is 54.3 Å². The van der Waals surface area contributed by atoms with Gasteiger partial charge in [-0.05, 0) is 37.1 Å². The average molecular weight is 394 g/mol. The van der Waals surface area contributed by atoms with Gasteiger partial charge in [0.1, 0.15) is 19.3 Å². The van der Waals surface area contributed by atoms with Crippen LogP contribution >= 0.6 is 0 Å². The molecule has 2 aromatic rings. The summed E-state index contributed by atoms with van der Waals surface area (Å²) in [6.45, 7) is 4.50. The quantitative estimate of drug-likeness (QED) is 0.599. The second kappa shape index (κ2) is 8.86. The van der Waals surface area contributed by atoms with Crippen LogP contribution in [0.15, 0.2) is 53.5 Å². The van der Waals surface area contributed by atoms with Crippen molar-refractivity contribution in [3.05, 3.63) is 54.1 Å². The number of anilines is 1. The van der Waals surface area contributed by atoms with Gasteiger partial charge in [0.25, 0.3) is 0 Å². The summed E-state index contributed by atoms with van der Waals surface area (Å²) in [4.78, 5) is 19.0. The maximum atomic E-state index is 12.7. The van der Waals surface area contributed by atoms with Crippen LogP contribution in [0.1, 0.15) is 12.5 Å². The van der Waals surface area contributed by atoms with Crippen LogP contribution in [-0.2, 0) is 11.2 Å². The summed E-state index contributed by atoms with van der Waals surface area (Å²) in [5.74, 6) is 2.10. The smallest absolute Gasteiger partial charge is 0.248 e. The first-order chi connectivity index (χ1) is 14.2. The molecular formula is C22H26N4O3. The van der Waals surface area contributed by atoms with Gasteiger partial charge in [-0.2, -0.15) is 0 Å². The summed E-state index contributed by atoms with van der Waals surface area (Å²) in [6.07, 6.45) is 0.764. The van der Waals surface area contributed by atoms with E-state index in [1.54, 1.807) is 0 Å². The van der Waals surface area contributed by atoms with Gasteiger partial charge in [-0.15, -0.1) is 0 Å². The Bertz CT molecular complexity index is 899. The van der Waals surface area contributed by atoms with Gasteiger partial charge in [0.05, 0.1) is 6.54 Å². The number of benzene rings is 2. The monoisotopic (exact) mass is 394 g/mol. The first-order valence-electron chi connectivity index (χ1n) is 10.0. The Hall–Kier alpha value is -3.22. The molecule has 4 rings (SSSR count). The van der Waals surface area contributed by atoms with Crippen LogP contribution in [0.5, 0.6) is 11.5 Å². The largest absolute Gasteiger partial charge is 0.486 e. The van der Waals surface area contributed by atoms with E-state index >= 15 is 0 Å². The number of amides is 1. The molecular weight excluding hydrogens is 368 g/mol. The van der Waals surface area contributed by atoms with Crippen molar-refractivity contribution in [3.63, 3.8) is 0 Å². The minimum Gasteiger partial charge on any atom is -0.486 e. The number of carbonyl (C=O) groups excluding carboxylic acids is 1. The van der Waals surface area contributed by atoms with Crippen molar-refractivity contribution in [2.24, 2.45) is 4.99 Å². The SMILES string of the molecule is CCNC(=NCC(=O)N1CCc2ccccc21)NCC1COc2ccccc2O1. The second-order valence-corrected chi connectivity index (χ2v) is 7.00. The molecule has 2 aliphatic rings. The standard InChI is InChI=1S/C22H26N4O3/c1-2-23-22(24-13-17-15-28-19-9-5-6-10-20(19)29-17)25-14-21(27)26-12-11-16-7-3-4-8-18(16)26/h3-10,17H,2,11-15H2,1H3,(H2,23,24,25). The highest BCUT2D eigenvalue weighted by atomic mass is 16.6. The van der Waals surface area contributed by atoms with Gasteiger partial charge in [0.15, 0.2) is 17.5 Å². The van der Waals surface area contributed by atoms with Gasteiger partial charge in [-0.25, -0.2) is 4.99 Å². The number of hydrogen-bond donors (Lipinski definition) is 2. The summed E-state index contributed by atoms with van der Waals surface area (Å²) in [6, 6.07) is 15.7. The molecule has 2 N–H and O–H groups in total. The van der Waals surface area contributed by atoms with Crippen molar-refractivity contribution in [2.45, 2.75) is 19.4 Å². The van der Waals surface area contributed by atoms with E-state index in [9.17, 15) is 4.79 Å². The Morgan fingerprint density at radius 2 is 1.93 bits per heavy atom. The lowest BCUT2D eigenvalue weighted by Gasteiger charge is -2.27. The number of para-hydroxylation sites is 3. The number of hydrogen-bond acceptors (Lipinski definition) is 4. The Balaban J connectivity index is 1.33. The molecule has 1 unspecified atom stereocenters. The Morgan fingerprint density at radius 1 is 1.14 bits per heavy atom. The zero-order valence-electron chi connectivity index (χ0n) is 16.6. The molecule has 0 spiro atoms. The average Bonchev–Trinajstić information content (AvgIpc) is 3.19.